The highest BCUT2D eigenvalue weighted by atomic mass is 35.5. The van der Waals surface area contributed by atoms with Crippen molar-refractivity contribution in [2.45, 2.75) is 30.4 Å². The Labute approximate surface area is 178 Å². The molecule has 8 nitrogen and oxygen atoms in total. The van der Waals surface area contributed by atoms with E-state index in [9.17, 15) is 9.59 Å². The highest BCUT2D eigenvalue weighted by Gasteiger charge is 2.41. The van der Waals surface area contributed by atoms with Gasteiger partial charge in [-0.1, -0.05) is 6.58 Å². The monoisotopic (exact) mass is 427 g/mol. The largest absolute Gasteiger partial charge is 0.380 e. The van der Waals surface area contributed by atoms with Crippen LogP contribution in [-0.4, -0.2) is 104 Å². The van der Waals surface area contributed by atoms with Crippen molar-refractivity contribution in [2.24, 2.45) is 11.8 Å². The molecule has 0 bridgehead atoms. The van der Waals surface area contributed by atoms with E-state index in [1.54, 1.807) is 12.0 Å². The maximum Gasteiger partial charge on any atom is 0.246 e. The molecule has 1 saturated carbocycles. The molecule has 0 spiro atoms. The Balaban J connectivity index is 1.50. The molecule has 2 N–H and O–H groups in total. The first-order chi connectivity index (χ1) is 13.9. The minimum Gasteiger partial charge on any atom is -0.380 e. The molecule has 0 aromatic heterocycles. The van der Waals surface area contributed by atoms with Crippen LogP contribution in [-0.2, 0) is 14.3 Å². The Kier molecular flexibility index (Phi) is 7.92. The molecular weight excluding hydrogens is 394 g/mol. The molecule has 3 aliphatic rings. The summed E-state index contributed by atoms with van der Waals surface area (Å²) in [7, 11) is 3.77. The number of methoxy groups -OCH3 is 1. The van der Waals surface area contributed by atoms with E-state index < -0.39 is 0 Å². The summed E-state index contributed by atoms with van der Waals surface area (Å²) in [5.41, 5.74) is 3.36. The molecule has 3 fully saturated rings. The van der Waals surface area contributed by atoms with E-state index in [1.165, 1.54) is 6.08 Å². The number of halogens is 1. The average Bonchev–Trinajstić information content (AvgIpc) is 3.17. The number of hydrogen-bond acceptors (Lipinski definition) is 6. The van der Waals surface area contributed by atoms with Crippen LogP contribution in [0.15, 0.2) is 12.7 Å². The van der Waals surface area contributed by atoms with Gasteiger partial charge in [-0.05, 0) is 30.8 Å². The Hall–Kier alpha value is -1.19. The van der Waals surface area contributed by atoms with Crippen molar-refractivity contribution >= 4 is 23.4 Å². The number of carbonyl (C=O) groups excluding carboxylic acids is 2. The second-order valence-electron chi connectivity index (χ2n) is 8.33. The molecule has 0 aromatic carbocycles. The predicted octanol–water partition coefficient (Wildman–Crippen LogP) is -0.1000. The lowest BCUT2D eigenvalue weighted by Crippen LogP contribution is -2.55. The van der Waals surface area contributed by atoms with Gasteiger partial charge in [0.25, 0.3) is 0 Å². The Morgan fingerprint density at radius 3 is 2.52 bits per heavy atom. The number of nitrogens with one attached hydrogen (secondary N) is 2. The number of ether oxygens (including phenoxy) is 1. The number of piperazine rings is 1. The fourth-order valence-electron chi connectivity index (χ4n) is 4.79. The van der Waals surface area contributed by atoms with Crippen LogP contribution in [0, 0.1) is 11.8 Å². The number of hydrazine groups is 1. The van der Waals surface area contributed by atoms with E-state index >= 15 is 0 Å². The first-order valence-electron chi connectivity index (χ1n) is 10.5. The molecule has 0 radical (unpaired) electrons. The number of alkyl halides is 1. The number of rotatable bonds is 6. The van der Waals surface area contributed by atoms with Crippen LogP contribution in [0.25, 0.3) is 0 Å². The van der Waals surface area contributed by atoms with E-state index in [-0.39, 0.29) is 35.9 Å². The predicted molar refractivity (Wildman–Crippen MR) is 112 cm³/mol. The maximum absolute atomic E-state index is 12.7. The molecular formula is C20H34ClN5O3. The molecule has 0 aromatic rings. The molecule has 164 valence electrons. The third-order valence-electron chi connectivity index (χ3n) is 6.57. The summed E-state index contributed by atoms with van der Waals surface area (Å²) in [6.45, 7) is 7.97. The van der Waals surface area contributed by atoms with E-state index in [1.807, 2.05) is 4.90 Å². The first kappa shape index (κ1) is 22.5. The van der Waals surface area contributed by atoms with E-state index in [0.29, 0.717) is 38.0 Å². The highest BCUT2D eigenvalue weighted by molar-refractivity contribution is 6.20. The van der Waals surface area contributed by atoms with Crippen LogP contribution >= 0.6 is 11.6 Å². The van der Waals surface area contributed by atoms with Crippen LogP contribution in [0.5, 0.6) is 0 Å². The van der Waals surface area contributed by atoms with Crippen LogP contribution < -0.4 is 10.7 Å². The van der Waals surface area contributed by atoms with Gasteiger partial charge in [0, 0.05) is 64.8 Å². The Morgan fingerprint density at radius 2 is 1.93 bits per heavy atom. The standard InChI is InChI=1S/C20H34ClN5O3/c1-4-19(27)25-5-7-26(8-6-25)20(28)12-22-17-9-15(14-11-23-24(2)13-14)16(21)10-18(17)29-3/h4,14-18,22-23H,1,5-13H2,2-3H3. The van der Waals surface area contributed by atoms with E-state index in [2.05, 4.69) is 29.4 Å². The van der Waals surface area contributed by atoms with Gasteiger partial charge in [-0.2, -0.15) is 0 Å². The van der Waals surface area contributed by atoms with Gasteiger partial charge >= 0.3 is 0 Å². The molecule has 29 heavy (non-hydrogen) atoms. The zero-order valence-electron chi connectivity index (χ0n) is 17.5. The minimum absolute atomic E-state index is 0.00991. The van der Waals surface area contributed by atoms with Crippen molar-refractivity contribution < 1.29 is 14.3 Å². The van der Waals surface area contributed by atoms with Crippen LogP contribution in [0.1, 0.15) is 12.8 Å². The summed E-state index contributed by atoms with van der Waals surface area (Å²) >= 11 is 6.72. The molecule has 5 unspecified atom stereocenters. The lowest BCUT2D eigenvalue weighted by Gasteiger charge is -2.41. The SMILES string of the molecule is C=CC(=O)N1CCN(C(=O)CNC2CC(C3CNN(C)C3)C(Cl)CC2OC)CC1. The number of hydrogen-bond donors (Lipinski definition) is 2. The number of carbonyl (C=O) groups is 2. The smallest absolute Gasteiger partial charge is 0.246 e. The van der Waals surface area contributed by atoms with Crippen molar-refractivity contribution in [2.75, 3.05) is 60.0 Å². The molecule has 2 amide bonds. The molecule has 5 atom stereocenters. The Bertz CT molecular complexity index is 599. The third kappa shape index (κ3) is 5.49. The van der Waals surface area contributed by atoms with Gasteiger partial charge in [-0.15, -0.1) is 11.6 Å². The van der Waals surface area contributed by atoms with Gasteiger partial charge < -0.3 is 19.9 Å². The maximum atomic E-state index is 12.7. The van der Waals surface area contributed by atoms with Gasteiger partial charge in [0.1, 0.15) is 0 Å². The molecule has 3 rings (SSSR count). The fourth-order valence-corrected chi connectivity index (χ4v) is 5.28. The molecule has 1 aliphatic carbocycles. The quantitative estimate of drug-likeness (QED) is 0.455. The summed E-state index contributed by atoms with van der Waals surface area (Å²) in [5.74, 6) is 0.892. The molecule has 2 aliphatic heterocycles. The van der Waals surface area contributed by atoms with Crippen molar-refractivity contribution in [1.82, 2.24) is 25.6 Å². The summed E-state index contributed by atoms with van der Waals surface area (Å²) in [4.78, 5) is 27.9. The normalized spacial score (nSPS) is 33.7. The highest BCUT2D eigenvalue weighted by Crippen LogP contribution is 2.36. The zero-order valence-corrected chi connectivity index (χ0v) is 18.2. The molecule has 2 saturated heterocycles. The summed E-state index contributed by atoms with van der Waals surface area (Å²) in [5, 5.41) is 5.65. The Morgan fingerprint density at radius 1 is 1.24 bits per heavy atom. The zero-order chi connectivity index (χ0) is 21.0. The third-order valence-corrected chi connectivity index (χ3v) is 7.07. The second-order valence-corrected chi connectivity index (χ2v) is 8.89. The summed E-state index contributed by atoms with van der Waals surface area (Å²) in [6.07, 6.45) is 3.03. The van der Waals surface area contributed by atoms with Gasteiger partial charge in [-0.25, -0.2) is 5.01 Å². The van der Waals surface area contributed by atoms with Crippen LogP contribution in [0.2, 0.25) is 0 Å². The second kappa shape index (κ2) is 10.2. The van der Waals surface area contributed by atoms with Gasteiger partial charge in [0.15, 0.2) is 0 Å². The van der Waals surface area contributed by atoms with E-state index in [0.717, 1.165) is 25.9 Å². The van der Waals surface area contributed by atoms with Crippen molar-refractivity contribution in [1.29, 1.82) is 0 Å². The van der Waals surface area contributed by atoms with Gasteiger partial charge in [0.2, 0.25) is 11.8 Å². The molecule has 9 heteroatoms. The van der Waals surface area contributed by atoms with Gasteiger partial charge in [-0.3, -0.25) is 15.0 Å². The number of nitrogens with zero attached hydrogens (tertiary/aromatic N) is 3. The van der Waals surface area contributed by atoms with Gasteiger partial charge in [0.05, 0.1) is 12.6 Å². The lowest BCUT2D eigenvalue weighted by atomic mass is 9.76. The average molecular weight is 428 g/mol. The van der Waals surface area contributed by atoms with Crippen LogP contribution in [0.3, 0.4) is 0 Å². The van der Waals surface area contributed by atoms with Crippen molar-refractivity contribution in [3.63, 3.8) is 0 Å². The summed E-state index contributed by atoms with van der Waals surface area (Å²) < 4.78 is 5.69. The number of amides is 2. The lowest BCUT2D eigenvalue weighted by molar-refractivity contribution is -0.136. The fraction of sp³-hybridized carbons (Fsp3) is 0.800. The summed E-state index contributed by atoms with van der Waals surface area (Å²) in [6, 6.07) is 0.110. The first-order valence-corrected chi connectivity index (χ1v) is 10.9. The van der Waals surface area contributed by atoms with Crippen molar-refractivity contribution in [3.05, 3.63) is 12.7 Å². The minimum atomic E-state index is -0.0749. The van der Waals surface area contributed by atoms with E-state index in [4.69, 9.17) is 16.3 Å². The molecule has 2 heterocycles. The van der Waals surface area contributed by atoms with Crippen molar-refractivity contribution in [3.8, 4) is 0 Å². The topological polar surface area (TPSA) is 77.2 Å². The van der Waals surface area contributed by atoms with Crippen LogP contribution in [0.4, 0.5) is 0 Å².